The van der Waals surface area contributed by atoms with E-state index < -0.39 is 6.03 Å². The molecule has 0 bridgehead atoms. The van der Waals surface area contributed by atoms with Gasteiger partial charge in [0.15, 0.2) is 5.78 Å². The summed E-state index contributed by atoms with van der Waals surface area (Å²) in [6.45, 7) is 0.653. The second-order valence-corrected chi connectivity index (χ2v) is 6.09. The van der Waals surface area contributed by atoms with Crippen LogP contribution in [0.25, 0.3) is 5.69 Å². The molecule has 2 N–H and O–H groups in total. The molecule has 0 radical (unpaired) electrons. The molecule has 1 aliphatic heterocycles. The maximum atomic E-state index is 12.2. The summed E-state index contributed by atoms with van der Waals surface area (Å²) in [5.41, 5.74) is 9.91. The van der Waals surface area contributed by atoms with Gasteiger partial charge in [0.05, 0.1) is 5.69 Å². The number of primary amides is 1. The van der Waals surface area contributed by atoms with Crippen molar-refractivity contribution < 1.29 is 9.59 Å². The lowest BCUT2D eigenvalue weighted by Gasteiger charge is -2.28. The summed E-state index contributed by atoms with van der Waals surface area (Å²) in [6, 6.07) is 5.45. The summed E-state index contributed by atoms with van der Waals surface area (Å²) in [4.78, 5) is 29.8. The van der Waals surface area contributed by atoms with Gasteiger partial charge >= 0.3 is 6.03 Å². The van der Waals surface area contributed by atoms with E-state index in [4.69, 9.17) is 5.73 Å². The van der Waals surface area contributed by atoms with Crippen molar-refractivity contribution in [1.29, 1.82) is 0 Å². The van der Waals surface area contributed by atoms with E-state index in [0.717, 1.165) is 48.3 Å². The van der Waals surface area contributed by atoms with Gasteiger partial charge in [0.25, 0.3) is 0 Å². The predicted octanol–water partition coefficient (Wildman–Crippen LogP) is 2.22. The quantitative estimate of drug-likeness (QED) is 0.877. The van der Waals surface area contributed by atoms with Crippen LogP contribution in [-0.2, 0) is 12.8 Å². The van der Waals surface area contributed by atoms with Crippen molar-refractivity contribution in [2.24, 2.45) is 5.73 Å². The van der Waals surface area contributed by atoms with Gasteiger partial charge in [-0.3, -0.25) is 14.3 Å². The smallest absolute Gasteiger partial charge is 0.319 e. The third-order valence-corrected chi connectivity index (χ3v) is 4.65. The average Bonchev–Trinajstić information content (AvgIpc) is 2.99. The molecule has 1 aliphatic carbocycles. The summed E-state index contributed by atoms with van der Waals surface area (Å²) < 4.78 is 1.88. The summed E-state index contributed by atoms with van der Waals surface area (Å²) in [7, 11) is 0. The van der Waals surface area contributed by atoms with Crippen molar-refractivity contribution in [2.45, 2.75) is 32.1 Å². The number of anilines is 1. The number of amides is 2. The maximum Gasteiger partial charge on any atom is 0.319 e. The summed E-state index contributed by atoms with van der Waals surface area (Å²) in [5.74, 6) is 0.153. The Balaban J connectivity index is 1.79. The van der Waals surface area contributed by atoms with E-state index in [1.54, 1.807) is 11.2 Å². The minimum absolute atomic E-state index is 0.153. The van der Waals surface area contributed by atoms with Crippen molar-refractivity contribution in [3.63, 3.8) is 0 Å². The molecule has 1 aromatic carbocycles. The number of nitrogens with two attached hydrogens (primary N) is 1. The molecular formula is C17H18N4O2. The van der Waals surface area contributed by atoms with Crippen molar-refractivity contribution in [3.8, 4) is 5.69 Å². The normalized spacial score (nSPS) is 16.9. The van der Waals surface area contributed by atoms with E-state index in [1.807, 2.05) is 22.8 Å². The Kier molecular flexibility index (Phi) is 3.18. The van der Waals surface area contributed by atoms with Crippen molar-refractivity contribution in [2.75, 3.05) is 11.4 Å². The highest BCUT2D eigenvalue weighted by molar-refractivity contribution is 5.97. The lowest BCUT2D eigenvalue weighted by molar-refractivity contribution is 0.0965. The fourth-order valence-electron chi connectivity index (χ4n) is 3.56. The topological polar surface area (TPSA) is 81.2 Å². The fraction of sp³-hybridized carbons (Fsp3) is 0.353. The molecule has 0 fully saturated rings. The molecule has 0 saturated carbocycles. The third-order valence-electron chi connectivity index (χ3n) is 4.65. The van der Waals surface area contributed by atoms with Crippen LogP contribution in [0, 0.1) is 0 Å². The van der Waals surface area contributed by atoms with Gasteiger partial charge in [-0.25, -0.2) is 9.78 Å². The van der Waals surface area contributed by atoms with E-state index in [1.165, 1.54) is 0 Å². The minimum atomic E-state index is -0.422. The number of urea groups is 1. The number of aromatic nitrogens is 2. The van der Waals surface area contributed by atoms with Crippen LogP contribution in [0.4, 0.5) is 10.5 Å². The Morgan fingerprint density at radius 1 is 1.17 bits per heavy atom. The van der Waals surface area contributed by atoms with Crippen LogP contribution in [0.1, 0.15) is 41.0 Å². The summed E-state index contributed by atoms with van der Waals surface area (Å²) in [5, 5.41) is 0. The average molecular weight is 310 g/mol. The van der Waals surface area contributed by atoms with Crippen molar-refractivity contribution in [3.05, 3.63) is 41.5 Å². The van der Waals surface area contributed by atoms with E-state index in [2.05, 4.69) is 4.98 Å². The van der Waals surface area contributed by atoms with E-state index >= 15 is 0 Å². The van der Waals surface area contributed by atoms with Gasteiger partial charge in [-0.05, 0) is 49.4 Å². The second kappa shape index (κ2) is 5.22. The van der Waals surface area contributed by atoms with Gasteiger partial charge in [0.2, 0.25) is 0 Å². The molecule has 6 heteroatoms. The van der Waals surface area contributed by atoms with Crippen molar-refractivity contribution >= 4 is 17.5 Å². The fourth-order valence-corrected chi connectivity index (χ4v) is 3.56. The highest BCUT2D eigenvalue weighted by atomic mass is 16.2. The zero-order chi connectivity index (χ0) is 16.0. The predicted molar refractivity (Wildman–Crippen MR) is 86.1 cm³/mol. The molecule has 0 spiro atoms. The van der Waals surface area contributed by atoms with Gasteiger partial charge < -0.3 is 5.73 Å². The molecule has 1 aromatic heterocycles. The van der Waals surface area contributed by atoms with Crippen LogP contribution in [0.5, 0.6) is 0 Å². The zero-order valence-corrected chi connectivity index (χ0v) is 12.8. The molecular weight excluding hydrogens is 292 g/mol. The van der Waals surface area contributed by atoms with Crippen LogP contribution in [0.2, 0.25) is 0 Å². The number of rotatable bonds is 1. The Morgan fingerprint density at radius 3 is 2.87 bits per heavy atom. The molecule has 0 unspecified atom stereocenters. The first kappa shape index (κ1) is 14.0. The lowest BCUT2D eigenvalue weighted by atomic mass is 9.98. The highest BCUT2D eigenvalue weighted by Gasteiger charge is 2.25. The van der Waals surface area contributed by atoms with Crippen LogP contribution >= 0.6 is 0 Å². The van der Waals surface area contributed by atoms with Crippen molar-refractivity contribution in [1.82, 2.24) is 9.55 Å². The first-order valence-corrected chi connectivity index (χ1v) is 7.95. The Labute approximate surface area is 133 Å². The molecule has 2 heterocycles. The number of hydrogen-bond donors (Lipinski definition) is 1. The molecule has 0 saturated heterocycles. The van der Waals surface area contributed by atoms with Gasteiger partial charge in [-0.15, -0.1) is 0 Å². The van der Waals surface area contributed by atoms with Crippen LogP contribution in [0.15, 0.2) is 24.5 Å². The Bertz CT molecular complexity index is 809. The molecule has 4 rings (SSSR count). The zero-order valence-electron chi connectivity index (χ0n) is 12.8. The number of ketones is 1. The maximum absolute atomic E-state index is 12.2. The highest BCUT2D eigenvalue weighted by Crippen LogP contribution is 2.30. The molecule has 0 atom stereocenters. The van der Waals surface area contributed by atoms with Gasteiger partial charge in [0.1, 0.15) is 12.0 Å². The van der Waals surface area contributed by atoms with Gasteiger partial charge in [-0.2, -0.15) is 0 Å². The first-order chi connectivity index (χ1) is 11.1. The standard InChI is InChI=1S/C17H18N4O2/c18-17(23)20-8-2-3-11-9-12(6-7-14(11)20)21-10-19-13-4-1-5-15(22)16(13)21/h6-7,9-10H,1-5,8H2,(H2,18,23). The molecule has 2 aliphatic rings. The van der Waals surface area contributed by atoms with E-state index in [0.29, 0.717) is 18.7 Å². The number of nitrogens with zero attached hydrogens (tertiary/aromatic N) is 3. The Hall–Kier alpha value is -2.63. The Morgan fingerprint density at radius 2 is 2.04 bits per heavy atom. The number of carbonyl (C=O) groups excluding carboxylic acids is 2. The third kappa shape index (κ3) is 2.21. The minimum Gasteiger partial charge on any atom is -0.351 e. The largest absolute Gasteiger partial charge is 0.351 e. The first-order valence-electron chi connectivity index (χ1n) is 7.95. The van der Waals surface area contributed by atoms with E-state index in [9.17, 15) is 9.59 Å². The number of imidazole rings is 1. The number of aryl methyl sites for hydroxylation is 2. The summed E-state index contributed by atoms with van der Waals surface area (Å²) >= 11 is 0. The molecule has 6 nitrogen and oxygen atoms in total. The lowest BCUT2D eigenvalue weighted by Crippen LogP contribution is -2.39. The number of fused-ring (bicyclic) bond motifs is 2. The molecule has 2 amide bonds. The second-order valence-electron chi connectivity index (χ2n) is 6.09. The number of hydrogen-bond acceptors (Lipinski definition) is 3. The van der Waals surface area contributed by atoms with Gasteiger partial charge in [0, 0.05) is 24.3 Å². The summed E-state index contributed by atoms with van der Waals surface area (Å²) in [6.07, 6.45) is 5.83. The van der Waals surface area contributed by atoms with Crippen LogP contribution in [-0.4, -0.2) is 27.9 Å². The molecule has 2 aromatic rings. The molecule has 118 valence electrons. The monoisotopic (exact) mass is 310 g/mol. The van der Waals surface area contributed by atoms with Crippen LogP contribution < -0.4 is 10.6 Å². The SMILES string of the molecule is NC(=O)N1CCCc2cc(-n3cnc4c3C(=O)CCC4)ccc21. The number of Topliss-reactive ketones (excluding diaryl/α,β-unsaturated/α-hetero) is 1. The number of carbonyl (C=O) groups is 2. The molecule has 23 heavy (non-hydrogen) atoms. The number of benzene rings is 1. The van der Waals surface area contributed by atoms with Gasteiger partial charge in [-0.1, -0.05) is 0 Å². The van der Waals surface area contributed by atoms with E-state index in [-0.39, 0.29) is 5.78 Å². The van der Waals surface area contributed by atoms with Crippen LogP contribution in [0.3, 0.4) is 0 Å².